The molecular weight excluding hydrogens is 292 g/mol. The number of carboxylic acids is 1. The molecule has 0 aliphatic heterocycles. The molecule has 0 radical (unpaired) electrons. The van der Waals surface area contributed by atoms with E-state index in [1.807, 2.05) is 0 Å². The van der Waals surface area contributed by atoms with Crippen LogP contribution in [0.1, 0.15) is 32.4 Å². The molecule has 3 N–H and O–H groups in total. The van der Waals surface area contributed by atoms with Crippen LogP contribution < -0.4 is 5.73 Å². The predicted octanol–water partition coefficient (Wildman–Crippen LogP) is 1.64. The van der Waals surface area contributed by atoms with Gasteiger partial charge < -0.3 is 15.6 Å². The largest absolute Gasteiger partial charge is 0.481 e. The Morgan fingerprint density at radius 3 is 2.14 bits per heavy atom. The SMILES string of the molecule is CC(C)(C)OC(=O)[C@H](C(=O)O)[C@H](N)c1ccc([N+](=O)[O-])cc1. The Balaban J connectivity index is 3.03. The van der Waals surface area contributed by atoms with Gasteiger partial charge in [0.15, 0.2) is 5.92 Å². The number of carbonyl (C=O) groups excluding carboxylic acids is 1. The molecule has 0 saturated heterocycles. The highest BCUT2D eigenvalue weighted by Gasteiger charge is 2.37. The van der Waals surface area contributed by atoms with E-state index < -0.39 is 34.4 Å². The predicted molar refractivity (Wildman–Crippen MR) is 77.0 cm³/mol. The zero-order valence-corrected chi connectivity index (χ0v) is 12.5. The summed E-state index contributed by atoms with van der Waals surface area (Å²) in [6, 6.07) is 3.87. The molecule has 2 atom stereocenters. The van der Waals surface area contributed by atoms with Crippen LogP contribution >= 0.6 is 0 Å². The fourth-order valence-electron chi connectivity index (χ4n) is 1.78. The Hall–Kier alpha value is -2.48. The van der Waals surface area contributed by atoms with E-state index in [9.17, 15) is 24.8 Å². The average Bonchev–Trinajstić information content (AvgIpc) is 2.36. The standard InChI is InChI=1S/C14H18N2O6/c1-14(2,3)22-13(19)10(12(17)18)11(15)8-4-6-9(7-5-8)16(20)21/h4-7,10-11H,15H2,1-3H3,(H,17,18)/t10-,11+/m0/s1. The zero-order valence-electron chi connectivity index (χ0n) is 12.5. The van der Waals surface area contributed by atoms with Crippen molar-refractivity contribution in [1.82, 2.24) is 0 Å². The van der Waals surface area contributed by atoms with Gasteiger partial charge in [-0.15, -0.1) is 0 Å². The highest BCUT2D eigenvalue weighted by Crippen LogP contribution is 2.25. The number of benzene rings is 1. The summed E-state index contributed by atoms with van der Waals surface area (Å²) in [6.45, 7) is 4.84. The van der Waals surface area contributed by atoms with E-state index in [1.165, 1.54) is 24.3 Å². The Bertz CT molecular complexity index is 576. The van der Waals surface area contributed by atoms with Crippen molar-refractivity contribution in [3.05, 3.63) is 39.9 Å². The molecule has 0 unspecified atom stereocenters. The Morgan fingerprint density at radius 2 is 1.77 bits per heavy atom. The molecule has 0 heterocycles. The average molecular weight is 310 g/mol. The van der Waals surface area contributed by atoms with Gasteiger partial charge in [0.2, 0.25) is 0 Å². The number of non-ortho nitro benzene ring substituents is 1. The Kier molecular flexibility index (Phi) is 5.21. The third-order valence-electron chi connectivity index (χ3n) is 2.77. The molecule has 1 aromatic rings. The van der Waals surface area contributed by atoms with Crippen LogP contribution in [0.2, 0.25) is 0 Å². The van der Waals surface area contributed by atoms with Gasteiger partial charge in [0.1, 0.15) is 5.60 Å². The first-order valence-electron chi connectivity index (χ1n) is 6.48. The minimum absolute atomic E-state index is 0.153. The maximum absolute atomic E-state index is 12.0. The number of rotatable bonds is 5. The molecule has 0 aromatic heterocycles. The van der Waals surface area contributed by atoms with Crippen molar-refractivity contribution in [2.75, 3.05) is 0 Å². The second-order valence-electron chi connectivity index (χ2n) is 5.72. The second-order valence-corrected chi connectivity index (χ2v) is 5.72. The van der Waals surface area contributed by atoms with Gasteiger partial charge in [0, 0.05) is 12.1 Å². The molecule has 0 aliphatic rings. The van der Waals surface area contributed by atoms with E-state index in [-0.39, 0.29) is 5.69 Å². The molecule has 0 spiro atoms. The van der Waals surface area contributed by atoms with Crippen molar-refractivity contribution in [3.8, 4) is 0 Å². The lowest BCUT2D eigenvalue weighted by Crippen LogP contribution is -2.39. The molecule has 8 heteroatoms. The van der Waals surface area contributed by atoms with Crippen molar-refractivity contribution < 1.29 is 24.4 Å². The third-order valence-corrected chi connectivity index (χ3v) is 2.77. The number of nitro benzene ring substituents is 1. The number of esters is 1. The fourth-order valence-corrected chi connectivity index (χ4v) is 1.78. The van der Waals surface area contributed by atoms with Crippen LogP contribution in [0.4, 0.5) is 5.69 Å². The van der Waals surface area contributed by atoms with E-state index >= 15 is 0 Å². The number of hydrogen-bond donors (Lipinski definition) is 2. The lowest BCUT2D eigenvalue weighted by Gasteiger charge is -2.25. The Labute approximate surface area is 127 Å². The quantitative estimate of drug-likeness (QED) is 0.365. The molecule has 22 heavy (non-hydrogen) atoms. The van der Waals surface area contributed by atoms with Crippen LogP contribution in [0.5, 0.6) is 0 Å². The second kappa shape index (κ2) is 6.52. The van der Waals surface area contributed by atoms with Crippen LogP contribution in [-0.4, -0.2) is 27.6 Å². The molecule has 0 saturated carbocycles. The summed E-state index contributed by atoms with van der Waals surface area (Å²) < 4.78 is 5.06. The van der Waals surface area contributed by atoms with Gasteiger partial charge in [0.05, 0.1) is 11.0 Å². The van der Waals surface area contributed by atoms with E-state index in [2.05, 4.69) is 0 Å². The first kappa shape index (κ1) is 17.6. The monoisotopic (exact) mass is 310 g/mol. The van der Waals surface area contributed by atoms with Crippen molar-refractivity contribution in [2.24, 2.45) is 11.7 Å². The number of hydrogen-bond acceptors (Lipinski definition) is 6. The zero-order chi connectivity index (χ0) is 17.1. The maximum Gasteiger partial charge on any atom is 0.322 e. The van der Waals surface area contributed by atoms with Crippen molar-refractivity contribution >= 4 is 17.6 Å². The molecular formula is C14H18N2O6. The van der Waals surface area contributed by atoms with Gasteiger partial charge in [-0.05, 0) is 26.3 Å². The summed E-state index contributed by atoms with van der Waals surface area (Å²) in [6.07, 6.45) is 0. The van der Waals surface area contributed by atoms with Gasteiger partial charge in [0.25, 0.3) is 5.69 Å². The van der Waals surface area contributed by atoms with E-state index in [0.29, 0.717) is 5.56 Å². The first-order chi connectivity index (χ1) is 10.0. The van der Waals surface area contributed by atoms with Gasteiger partial charge in [-0.25, -0.2) is 0 Å². The van der Waals surface area contributed by atoms with Crippen molar-refractivity contribution in [1.29, 1.82) is 0 Å². The van der Waals surface area contributed by atoms with Gasteiger partial charge >= 0.3 is 11.9 Å². The first-order valence-corrected chi connectivity index (χ1v) is 6.48. The highest BCUT2D eigenvalue weighted by molar-refractivity contribution is 5.95. The van der Waals surface area contributed by atoms with Gasteiger partial charge in [-0.3, -0.25) is 19.7 Å². The van der Waals surface area contributed by atoms with Crippen LogP contribution in [0.15, 0.2) is 24.3 Å². The minimum atomic E-state index is -1.60. The van der Waals surface area contributed by atoms with Gasteiger partial charge in [-0.2, -0.15) is 0 Å². The van der Waals surface area contributed by atoms with Gasteiger partial charge in [-0.1, -0.05) is 12.1 Å². The fraction of sp³-hybridized carbons (Fsp3) is 0.429. The molecule has 120 valence electrons. The summed E-state index contributed by atoms with van der Waals surface area (Å²) in [5, 5.41) is 19.8. The molecule has 0 aliphatic carbocycles. The number of nitro groups is 1. The van der Waals surface area contributed by atoms with E-state index in [4.69, 9.17) is 10.5 Å². The molecule has 8 nitrogen and oxygen atoms in total. The third kappa shape index (κ3) is 4.52. The van der Waals surface area contributed by atoms with Crippen LogP contribution in [0, 0.1) is 16.0 Å². The summed E-state index contributed by atoms with van der Waals surface area (Å²) in [5.41, 5.74) is 5.13. The molecule has 1 rings (SSSR count). The summed E-state index contributed by atoms with van der Waals surface area (Å²) >= 11 is 0. The molecule has 0 fully saturated rings. The van der Waals surface area contributed by atoms with Crippen molar-refractivity contribution in [3.63, 3.8) is 0 Å². The summed E-state index contributed by atoms with van der Waals surface area (Å²) in [4.78, 5) is 33.3. The lowest BCUT2D eigenvalue weighted by atomic mass is 9.93. The lowest BCUT2D eigenvalue weighted by molar-refractivity contribution is -0.384. The number of carboxylic acid groups (broad SMARTS) is 1. The minimum Gasteiger partial charge on any atom is -0.481 e. The number of nitrogens with two attached hydrogens (primary N) is 1. The molecule has 0 bridgehead atoms. The number of carbonyl (C=O) groups is 2. The smallest absolute Gasteiger partial charge is 0.322 e. The van der Waals surface area contributed by atoms with Crippen molar-refractivity contribution in [2.45, 2.75) is 32.4 Å². The molecule has 1 aromatic carbocycles. The topological polar surface area (TPSA) is 133 Å². The summed E-state index contributed by atoms with van der Waals surface area (Å²) in [7, 11) is 0. The Morgan fingerprint density at radius 1 is 1.27 bits per heavy atom. The van der Waals surface area contributed by atoms with Crippen LogP contribution in [0.25, 0.3) is 0 Å². The normalized spacial score (nSPS) is 14.0. The number of ether oxygens (including phenoxy) is 1. The number of aliphatic carboxylic acids is 1. The summed E-state index contributed by atoms with van der Waals surface area (Å²) in [5.74, 6) is -3.97. The maximum atomic E-state index is 12.0. The highest BCUT2D eigenvalue weighted by atomic mass is 16.6. The van der Waals surface area contributed by atoms with E-state index in [0.717, 1.165) is 0 Å². The number of nitrogens with zero attached hydrogens (tertiary/aromatic N) is 1. The molecule has 0 amide bonds. The van der Waals surface area contributed by atoms with E-state index in [1.54, 1.807) is 20.8 Å². The van der Waals surface area contributed by atoms with Crippen LogP contribution in [-0.2, 0) is 14.3 Å². The van der Waals surface area contributed by atoms with Crippen LogP contribution in [0.3, 0.4) is 0 Å².